The van der Waals surface area contributed by atoms with Crippen molar-refractivity contribution in [3.8, 4) is 11.5 Å². The van der Waals surface area contributed by atoms with Crippen molar-refractivity contribution in [3.05, 3.63) is 81.8 Å². The van der Waals surface area contributed by atoms with Crippen LogP contribution in [0.2, 0.25) is 0 Å². The van der Waals surface area contributed by atoms with Crippen molar-refractivity contribution in [1.29, 1.82) is 0 Å². The molecule has 1 N–H and O–H groups in total. The van der Waals surface area contributed by atoms with Gasteiger partial charge in [0.1, 0.15) is 18.1 Å². The number of urea groups is 1. The topological polar surface area (TPSA) is 137 Å². The minimum Gasteiger partial charge on any atom is -0.464 e. The maximum Gasteiger partial charge on any atom is 0.322 e. The molecule has 2 aliphatic rings. The predicted molar refractivity (Wildman–Crippen MR) is 143 cm³/mol. The van der Waals surface area contributed by atoms with Crippen molar-refractivity contribution in [1.82, 2.24) is 9.80 Å². The van der Waals surface area contributed by atoms with Crippen molar-refractivity contribution >= 4 is 23.3 Å². The Kier molecular flexibility index (Phi) is 8.15. The fourth-order valence-electron chi connectivity index (χ4n) is 4.64. The summed E-state index contributed by atoms with van der Waals surface area (Å²) in [4.78, 5) is 40.6. The number of hydrogen-bond acceptors (Lipinski definition) is 8. The molecule has 1 fully saturated rings. The zero-order chi connectivity index (χ0) is 28.1. The van der Waals surface area contributed by atoms with Gasteiger partial charge in [-0.3, -0.25) is 14.9 Å². The van der Waals surface area contributed by atoms with Gasteiger partial charge in [-0.25, -0.2) is 4.79 Å². The number of fused-ring (bicyclic) bond motifs is 1. The van der Waals surface area contributed by atoms with Gasteiger partial charge in [-0.1, -0.05) is 6.07 Å². The Morgan fingerprint density at radius 3 is 2.52 bits per heavy atom. The number of amides is 3. The summed E-state index contributed by atoms with van der Waals surface area (Å²) in [6.45, 7) is 3.07. The summed E-state index contributed by atoms with van der Waals surface area (Å²) in [5.41, 5.74) is 1.13. The van der Waals surface area contributed by atoms with Crippen molar-refractivity contribution in [2.75, 3.05) is 31.8 Å². The SMILES string of the molecule is Cc1ccc(CN(Cc2ccc3c(c2)OCO3)C(=O)CN(CC2CCCO2)C(=O)Nc2ccc([N+](=O)[O-])cc2)o1. The van der Waals surface area contributed by atoms with E-state index in [-0.39, 0.29) is 50.7 Å². The van der Waals surface area contributed by atoms with Crippen LogP contribution < -0.4 is 14.8 Å². The molecule has 12 nitrogen and oxygen atoms in total. The number of non-ortho nitro benzene ring substituents is 1. The van der Waals surface area contributed by atoms with Crippen LogP contribution in [0.4, 0.5) is 16.2 Å². The number of aryl methyl sites for hydroxylation is 1. The molecule has 0 spiro atoms. The van der Waals surface area contributed by atoms with Crippen LogP contribution in [-0.2, 0) is 22.6 Å². The lowest BCUT2D eigenvalue weighted by atomic mass is 10.1. The van der Waals surface area contributed by atoms with E-state index in [9.17, 15) is 19.7 Å². The van der Waals surface area contributed by atoms with Crippen LogP contribution in [-0.4, -0.2) is 59.3 Å². The van der Waals surface area contributed by atoms with E-state index in [1.54, 1.807) is 11.0 Å². The minimum atomic E-state index is -0.511. The van der Waals surface area contributed by atoms with Crippen LogP contribution in [0.25, 0.3) is 0 Å². The normalized spacial score (nSPS) is 15.6. The van der Waals surface area contributed by atoms with Crippen molar-refractivity contribution in [2.45, 2.75) is 39.0 Å². The number of nitrogens with zero attached hydrogens (tertiary/aromatic N) is 3. The summed E-state index contributed by atoms with van der Waals surface area (Å²) in [6.07, 6.45) is 1.47. The summed E-state index contributed by atoms with van der Waals surface area (Å²) in [5, 5.41) is 13.7. The largest absolute Gasteiger partial charge is 0.464 e. The average molecular weight is 551 g/mol. The number of ether oxygens (including phenoxy) is 3. The van der Waals surface area contributed by atoms with E-state index in [0.29, 0.717) is 29.6 Å². The molecule has 2 aliphatic heterocycles. The van der Waals surface area contributed by atoms with Gasteiger partial charge in [0, 0.05) is 37.5 Å². The standard InChI is InChI=1S/C28H30N4O8/c1-19-4-10-24(40-19)16-30(14-20-5-11-25-26(13-20)39-18-38-25)27(33)17-31(15-23-3-2-12-37-23)28(34)29-21-6-8-22(9-7-21)32(35)36/h4-11,13,23H,2-3,12,14-18H2,1H3,(H,29,34). The predicted octanol–water partition coefficient (Wildman–Crippen LogP) is 4.47. The van der Waals surface area contributed by atoms with Crippen LogP contribution in [0.1, 0.15) is 29.9 Å². The number of nitrogens with one attached hydrogen (secondary N) is 1. The Balaban J connectivity index is 1.33. The molecule has 0 saturated carbocycles. The van der Waals surface area contributed by atoms with Crippen molar-refractivity contribution in [3.63, 3.8) is 0 Å². The zero-order valence-corrected chi connectivity index (χ0v) is 22.0. The Labute approximate surface area is 230 Å². The third-order valence-electron chi connectivity index (χ3n) is 6.70. The van der Waals surface area contributed by atoms with Crippen LogP contribution >= 0.6 is 0 Å². The fourth-order valence-corrected chi connectivity index (χ4v) is 4.64. The first-order valence-corrected chi connectivity index (χ1v) is 13.0. The number of carbonyl (C=O) groups excluding carboxylic acids is 2. The third-order valence-corrected chi connectivity index (χ3v) is 6.70. The third kappa shape index (κ3) is 6.70. The van der Waals surface area contributed by atoms with Crippen LogP contribution in [0.3, 0.4) is 0 Å². The number of carbonyl (C=O) groups is 2. The molecule has 5 rings (SSSR count). The highest BCUT2D eigenvalue weighted by atomic mass is 16.7. The van der Waals surface area contributed by atoms with Crippen LogP contribution in [0.15, 0.2) is 59.0 Å². The number of furan rings is 1. The number of nitro benzene ring substituents is 1. The second-order valence-corrected chi connectivity index (χ2v) is 9.70. The molecule has 0 bridgehead atoms. The Morgan fingerprint density at radius 1 is 1.02 bits per heavy atom. The minimum absolute atomic E-state index is 0.0864. The summed E-state index contributed by atoms with van der Waals surface area (Å²) in [5.74, 6) is 2.32. The molecule has 1 aromatic heterocycles. The van der Waals surface area contributed by atoms with Crippen molar-refractivity contribution < 1.29 is 33.1 Å². The molecular formula is C28H30N4O8. The summed E-state index contributed by atoms with van der Waals surface area (Å²) >= 11 is 0. The smallest absolute Gasteiger partial charge is 0.322 e. The molecule has 0 radical (unpaired) electrons. The molecule has 40 heavy (non-hydrogen) atoms. The van der Waals surface area contributed by atoms with E-state index >= 15 is 0 Å². The first kappa shape index (κ1) is 27.0. The van der Waals surface area contributed by atoms with Gasteiger partial charge in [0.15, 0.2) is 11.5 Å². The van der Waals surface area contributed by atoms with Gasteiger partial charge in [0.05, 0.1) is 17.6 Å². The highest BCUT2D eigenvalue weighted by Crippen LogP contribution is 2.33. The van der Waals surface area contributed by atoms with E-state index in [1.807, 2.05) is 31.2 Å². The van der Waals surface area contributed by atoms with Crippen LogP contribution in [0, 0.1) is 17.0 Å². The molecule has 1 unspecified atom stereocenters. The number of anilines is 1. The lowest BCUT2D eigenvalue weighted by Gasteiger charge is -2.29. The Bertz CT molecular complexity index is 1370. The number of hydrogen-bond donors (Lipinski definition) is 1. The molecule has 3 amide bonds. The van der Waals surface area contributed by atoms with Crippen LogP contribution in [0.5, 0.6) is 11.5 Å². The second kappa shape index (κ2) is 12.1. The number of nitro groups is 1. The highest BCUT2D eigenvalue weighted by Gasteiger charge is 2.27. The maximum absolute atomic E-state index is 13.7. The van der Waals surface area contributed by atoms with Gasteiger partial charge in [-0.05, 0) is 61.7 Å². The quantitative estimate of drug-likeness (QED) is 0.288. The van der Waals surface area contributed by atoms with Gasteiger partial charge in [0.2, 0.25) is 12.7 Å². The van der Waals surface area contributed by atoms with Gasteiger partial charge < -0.3 is 33.7 Å². The zero-order valence-electron chi connectivity index (χ0n) is 22.0. The molecule has 3 aromatic rings. The molecule has 210 valence electrons. The fraction of sp³-hybridized carbons (Fsp3) is 0.357. The molecule has 12 heteroatoms. The van der Waals surface area contributed by atoms with E-state index in [2.05, 4.69) is 5.32 Å². The molecule has 1 atom stereocenters. The second-order valence-electron chi connectivity index (χ2n) is 9.70. The van der Waals surface area contributed by atoms with Gasteiger partial charge in [-0.15, -0.1) is 0 Å². The first-order valence-electron chi connectivity index (χ1n) is 13.0. The van der Waals surface area contributed by atoms with E-state index in [0.717, 1.165) is 24.2 Å². The molecular weight excluding hydrogens is 520 g/mol. The number of rotatable bonds is 10. The lowest BCUT2D eigenvalue weighted by Crippen LogP contribution is -2.46. The lowest BCUT2D eigenvalue weighted by molar-refractivity contribution is -0.384. The first-order chi connectivity index (χ1) is 19.3. The summed E-state index contributed by atoms with van der Waals surface area (Å²) < 4.78 is 22.4. The summed E-state index contributed by atoms with van der Waals surface area (Å²) in [6, 6.07) is 14.2. The van der Waals surface area contributed by atoms with Gasteiger partial charge >= 0.3 is 6.03 Å². The molecule has 0 aliphatic carbocycles. The molecule has 3 heterocycles. The molecule has 2 aromatic carbocycles. The Morgan fingerprint density at radius 2 is 1.82 bits per heavy atom. The van der Waals surface area contributed by atoms with Gasteiger partial charge in [-0.2, -0.15) is 0 Å². The van der Waals surface area contributed by atoms with Crippen molar-refractivity contribution in [2.24, 2.45) is 0 Å². The average Bonchev–Trinajstić information content (AvgIpc) is 3.71. The summed E-state index contributed by atoms with van der Waals surface area (Å²) in [7, 11) is 0. The number of benzene rings is 2. The van der Waals surface area contributed by atoms with E-state index in [1.165, 1.54) is 29.2 Å². The van der Waals surface area contributed by atoms with E-state index in [4.69, 9.17) is 18.6 Å². The van der Waals surface area contributed by atoms with E-state index < -0.39 is 11.0 Å². The maximum atomic E-state index is 13.7. The highest BCUT2D eigenvalue weighted by molar-refractivity contribution is 5.92. The van der Waals surface area contributed by atoms with Gasteiger partial charge in [0.25, 0.3) is 5.69 Å². The monoisotopic (exact) mass is 550 g/mol. The Hall–Kier alpha value is -4.58. The molecule has 1 saturated heterocycles.